The summed E-state index contributed by atoms with van der Waals surface area (Å²) in [5.41, 5.74) is 0.873. The van der Waals surface area contributed by atoms with Crippen molar-refractivity contribution in [2.24, 2.45) is 5.92 Å². The largest absolute Gasteiger partial charge is 0.389 e. The second-order valence-corrected chi connectivity index (χ2v) is 5.64. The highest BCUT2D eigenvalue weighted by Crippen LogP contribution is 2.21. The van der Waals surface area contributed by atoms with Crippen molar-refractivity contribution in [3.05, 3.63) is 23.9 Å². The number of aliphatic hydroxyl groups excluding tert-OH is 1. The smallest absolute Gasteiger partial charge is 0.128 e. The Labute approximate surface area is 117 Å². The maximum Gasteiger partial charge on any atom is 0.128 e. The van der Waals surface area contributed by atoms with Gasteiger partial charge in [0.05, 0.1) is 6.10 Å². The Bertz CT molecular complexity index is 356. The molecular formula is C16H28N2O. The molecule has 108 valence electrons. The van der Waals surface area contributed by atoms with E-state index in [9.17, 15) is 5.11 Å². The summed E-state index contributed by atoms with van der Waals surface area (Å²) in [5, 5.41) is 9.55. The van der Waals surface area contributed by atoms with Crippen molar-refractivity contribution in [1.82, 2.24) is 4.98 Å². The first-order chi connectivity index (χ1) is 8.99. The highest BCUT2D eigenvalue weighted by Gasteiger charge is 2.18. The van der Waals surface area contributed by atoms with Crippen LogP contribution < -0.4 is 4.90 Å². The van der Waals surface area contributed by atoms with Crippen molar-refractivity contribution in [1.29, 1.82) is 0 Å². The van der Waals surface area contributed by atoms with Crippen LogP contribution in [0.2, 0.25) is 0 Å². The van der Waals surface area contributed by atoms with Crippen LogP contribution in [0, 0.1) is 5.92 Å². The molecule has 0 amide bonds. The fraction of sp³-hybridized carbons (Fsp3) is 0.688. The Morgan fingerprint density at radius 1 is 1.16 bits per heavy atom. The van der Waals surface area contributed by atoms with Crippen LogP contribution >= 0.6 is 0 Å². The van der Waals surface area contributed by atoms with Crippen LogP contribution in [-0.4, -0.2) is 22.7 Å². The minimum absolute atomic E-state index is 0.451. The molecule has 0 fully saturated rings. The van der Waals surface area contributed by atoms with Gasteiger partial charge >= 0.3 is 0 Å². The zero-order valence-electron chi connectivity index (χ0n) is 12.9. The lowest BCUT2D eigenvalue weighted by atomic mass is 10.1. The summed E-state index contributed by atoms with van der Waals surface area (Å²) < 4.78 is 0. The van der Waals surface area contributed by atoms with Gasteiger partial charge in [-0.1, -0.05) is 33.8 Å². The first-order valence-corrected chi connectivity index (χ1v) is 7.40. The SMILES string of the molecule is CCC(CC)N(CC(C)C)c1ccc([C@@H](C)O)cn1. The van der Waals surface area contributed by atoms with Crippen LogP contribution in [-0.2, 0) is 0 Å². The Kier molecular flexibility index (Phi) is 6.29. The van der Waals surface area contributed by atoms with E-state index in [2.05, 4.69) is 37.6 Å². The average molecular weight is 264 g/mol. The van der Waals surface area contributed by atoms with E-state index < -0.39 is 6.10 Å². The number of rotatable bonds is 7. The lowest BCUT2D eigenvalue weighted by Gasteiger charge is -2.33. The first kappa shape index (κ1) is 16.0. The van der Waals surface area contributed by atoms with Crippen LogP contribution in [0.3, 0.4) is 0 Å². The average Bonchev–Trinajstić information content (AvgIpc) is 2.38. The topological polar surface area (TPSA) is 36.4 Å². The van der Waals surface area contributed by atoms with Gasteiger partial charge in [0.15, 0.2) is 0 Å². The molecule has 0 spiro atoms. The molecule has 0 bridgehead atoms. The normalized spacial score (nSPS) is 13.1. The summed E-state index contributed by atoms with van der Waals surface area (Å²) in [6.07, 6.45) is 3.59. The third-order valence-corrected chi connectivity index (χ3v) is 3.49. The van der Waals surface area contributed by atoms with Crippen LogP contribution in [0.25, 0.3) is 0 Å². The predicted molar refractivity (Wildman–Crippen MR) is 81.4 cm³/mol. The third kappa shape index (κ3) is 4.50. The van der Waals surface area contributed by atoms with Gasteiger partial charge in [-0.05, 0) is 37.3 Å². The zero-order valence-corrected chi connectivity index (χ0v) is 12.9. The van der Waals surface area contributed by atoms with Crippen molar-refractivity contribution in [2.45, 2.75) is 59.6 Å². The van der Waals surface area contributed by atoms with Crippen LogP contribution in [0.4, 0.5) is 5.82 Å². The van der Waals surface area contributed by atoms with E-state index in [0.717, 1.165) is 30.8 Å². The van der Waals surface area contributed by atoms with E-state index in [1.54, 1.807) is 13.1 Å². The van der Waals surface area contributed by atoms with Gasteiger partial charge in [0.2, 0.25) is 0 Å². The van der Waals surface area contributed by atoms with Gasteiger partial charge in [-0.15, -0.1) is 0 Å². The van der Waals surface area contributed by atoms with E-state index in [4.69, 9.17) is 0 Å². The molecule has 0 aliphatic carbocycles. The molecule has 0 saturated heterocycles. The number of anilines is 1. The quantitative estimate of drug-likeness (QED) is 0.814. The number of hydrogen-bond acceptors (Lipinski definition) is 3. The van der Waals surface area contributed by atoms with Crippen molar-refractivity contribution >= 4 is 5.82 Å². The molecule has 0 radical (unpaired) electrons. The molecule has 0 aromatic carbocycles. The summed E-state index contributed by atoms with van der Waals surface area (Å²) in [6.45, 7) is 11.7. The van der Waals surface area contributed by atoms with Gasteiger partial charge in [-0.2, -0.15) is 0 Å². The van der Waals surface area contributed by atoms with Gasteiger partial charge in [0.1, 0.15) is 5.82 Å². The van der Waals surface area contributed by atoms with E-state index in [-0.39, 0.29) is 0 Å². The molecule has 1 aromatic rings. The van der Waals surface area contributed by atoms with Gasteiger partial charge < -0.3 is 10.0 Å². The molecule has 0 aliphatic heterocycles. The minimum Gasteiger partial charge on any atom is -0.389 e. The van der Waals surface area contributed by atoms with Crippen LogP contribution in [0.1, 0.15) is 59.1 Å². The maximum atomic E-state index is 9.55. The van der Waals surface area contributed by atoms with Crippen molar-refractivity contribution < 1.29 is 5.11 Å². The third-order valence-electron chi connectivity index (χ3n) is 3.49. The summed E-state index contributed by atoms with van der Waals surface area (Å²) in [5.74, 6) is 1.63. The monoisotopic (exact) mass is 264 g/mol. The summed E-state index contributed by atoms with van der Waals surface area (Å²) in [6, 6.07) is 4.54. The molecule has 1 atom stereocenters. The van der Waals surface area contributed by atoms with Gasteiger partial charge in [0, 0.05) is 18.8 Å². The fourth-order valence-corrected chi connectivity index (χ4v) is 2.37. The van der Waals surface area contributed by atoms with Crippen molar-refractivity contribution in [3.63, 3.8) is 0 Å². The lowest BCUT2D eigenvalue weighted by molar-refractivity contribution is 0.199. The second-order valence-electron chi connectivity index (χ2n) is 5.64. The Hall–Kier alpha value is -1.09. The predicted octanol–water partition coefficient (Wildman–Crippen LogP) is 3.79. The molecule has 19 heavy (non-hydrogen) atoms. The van der Waals surface area contributed by atoms with Gasteiger partial charge in [-0.25, -0.2) is 4.98 Å². The van der Waals surface area contributed by atoms with Crippen LogP contribution in [0.15, 0.2) is 18.3 Å². The summed E-state index contributed by atoms with van der Waals surface area (Å²) in [7, 11) is 0. The second kappa shape index (κ2) is 7.49. The van der Waals surface area contributed by atoms with E-state index in [0.29, 0.717) is 12.0 Å². The number of nitrogens with zero attached hydrogens (tertiary/aromatic N) is 2. The lowest BCUT2D eigenvalue weighted by Crippen LogP contribution is -2.38. The molecule has 0 unspecified atom stereocenters. The van der Waals surface area contributed by atoms with E-state index in [1.807, 2.05) is 12.1 Å². The number of pyridine rings is 1. The molecule has 1 heterocycles. The number of aliphatic hydroxyl groups is 1. The minimum atomic E-state index is -0.451. The fourth-order valence-electron chi connectivity index (χ4n) is 2.37. The number of aromatic nitrogens is 1. The Morgan fingerprint density at radius 2 is 1.79 bits per heavy atom. The molecule has 1 aromatic heterocycles. The maximum absolute atomic E-state index is 9.55. The Balaban J connectivity index is 2.96. The molecular weight excluding hydrogens is 236 g/mol. The van der Waals surface area contributed by atoms with Gasteiger partial charge in [0.25, 0.3) is 0 Å². The molecule has 0 saturated carbocycles. The molecule has 3 nitrogen and oxygen atoms in total. The van der Waals surface area contributed by atoms with Crippen molar-refractivity contribution in [2.75, 3.05) is 11.4 Å². The van der Waals surface area contributed by atoms with Crippen LogP contribution in [0.5, 0.6) is 0 Å². The summed E-state index contributed by atoms with van der Waals surface area (Å²) in [4.78, 5) is 6.94. The number of hydrogen-bond donors (Lipinski definition) is 1. The standard InChI is InChI=1S/C16H28N2O/c1-6-15(7-2)18(11-12(3)4)16-9-8-14(10-17-16)13(5)19/h8-10,12-13,15,19H,6-7,11H2,1-5H3/t13-/m1/s1. The highest BCUT2D eigenvalue weighted by atomic mass is 16.3. The zero-order chi connectivity index (χ0) is 14.4. The Morgan fingerprint density at radius 3 is 2.16 bits per heavy atom. The van der Waals surface area contributed by atoms with E-state index >= 15 is 0 Å². The van der Waals surface area contributed by atoms with Gasteiger partial charge in [-0.3, -0.25) is 0 Å². The first-order valence-electron chi connectivity index (χ1n) is 7.40. The summed E-state index contributed by atoms with van der Waals surface area (Å²) >= 11 is 0. The molecule has 3 heteroatoms. The molecule has 1 N–H and O–H groups in total. The molecule has 1 rings (SSSR count). The van der Waals surface area contributed by atoms with E-state index in [1.165, 1.54) is 0 Å². The van der Waals surface area contributed by atoms with Crippen molar-refractivity contribution in [3.8, 4) is 0 Å². The highest BCUT2D eigenvalue weighted by molar-refractivity contribution is 5.41. The molecule has 0 aliphatic rings.